The predicted molar refractivity (Wildman–Crippen MR) is 116 cm³/mol. The summed E-state index contributed by atoms with van der Waals surface area (Å²) in [6.45, 7) is 4.99. The van der Waals surface area contributed by atoms with E-state index < -0.39 is 0 Å². The Morgan fingerprint density at radius 3 is 2.60 bits per heavy atom. The molecule has 1 fully saturated rings. The van der Waals surface area contributed by atoms with Crippen molar-refractivity contribution in [2.24, 2.45) is 0 Å². The molecule has 6 nitrogen and oxygen atoms in total. The van der Waals surface area contributed by atoms with Crippen molar-refractivity contribution in [2.75, 3.05) is 24.5 Å². The zero-order chi connectivity index (χ0) is 20.5. The highest BCUT2D eigenvalue weighted by molar-refractivity contribution is 5.81. The van der Waals surface area contributed by atoms with Crippen molar-refractivity contribution in [1.82, 2.24) is 24.9 Å². The Morgan fingerprint density at radius 2 is 1.83 bits per heavy atom. The first-order chi connectivity index (χ1) is 14.7. The van der Waals surface area contributed by atoms with Crippen LogP contribution in [-0.4, -0.2) is 45.3 Å². The van der Waals surface area contributed by atoms with Gasteiger partial charge in [0.25, 0.3) is 0 Å². The molecule has 7 heteroatoms. The first-order valence-corrected chi connectivity index (χ1v) is 10.3. The van der Waals surface area contributed by atoms with Crippen molar-refractivity contribution < 1.29 is 4.39 Å². The van der Waals surface area contributed by atoms with Crippen LogP contribution in [0.15, 0.2) is 60.9 Å². The third-order valence-electron chi connectivity index (χ3n) is 5.61. The van der Waals surface area contributed by atoms with Crippen LogP contribution < -0.4 is 10.2 Å². The highest BCUT2D eigenvalue weighted by Gasteiger charge is 2.22. The van der Waals surface area contributed by atoms with Gasteiger partial charge < -0.3 is 10.2 Å². The summed E-state index contributed by atoms with van der Waals surface area (Å²) in [6, 6.07) is 14.8. The van der Waals surface area contributed by atoms with Crippen LogP contribution in [0, 0.1) is 5.82 Å². The monoisotopic (exact) mass is 402 g/mol. The lowest BCUT2D eigenvalue weighted by atomic mass is 10.1. The number of fused-ring (bicyclic) bond motifs is 1. The van der Waals surface area contributed by atoms with Gasteiger partial charge in [-0.3, -0.25) is 4.98 Å². The molecular formula is C23H23FN6. The van der Waals surface area contributed by atoms with Crippen LogP contribution in [0.1, 0.15) is 13.3 Å². The highest BCUT2D eigenvalue weighted by Crippen LogP contribution is 2.32. The van der Waals surface area contributed by atoms with Gasteiger partial charge in [0.1, 0.15) is 17.3 Å². The van der Waals surface area contributed by atoms with E-state index >= 15 is 0 Å². The molecule has 1 N–H and O–H groups in total. The number of hydrogen-bond acceptors (Lipinski definition) is 5. The molecule has 0 saturated carbocycles. The maximum Gasteiger partial charge on any atom is 0.155 e. The summed E-state index contributed by atoms with van der Waals surface area (Å²) in [7, 11) is 0. The maximum atomic E-state index is 13.5. The van der Waals surface area contributed by atoms with Gasteiger partial charge in [0.05, 0.1) is 5.69 Å². The van der Waals surface area contributed by atoms with Crippen molar-refractivity contribution in [3.8, 4) is 22.5 Å². The molecule has 1 atom stereocenters. The first kappa shape index (κ1) is 18.7. The minimum Gasteiger partial charge on any atom is -0.352 e. The number of nitrogens with one attached hydrogen (secondary N) is 1. The molecule has 1 aromatic carbocycles. The number of nitrogens with zero attached hydrogens (tertiary/aromatic N) is 5. The normalized spacial score (nSPS) is 16.9. The first-order valence-electron chi connectivity index (χ1n) is 10.3. The number of pyridine rings is 1. The highest BCUT2D eigenvalue weighted by atomic mass is 19.1. The summed E-state index contributed by atoms with van der Waals surface area (Å²) in [5.41, 5.74) is 4.23. The van der Waals surface area contributed by atoms with E-state index in [0.717, 1.165) is 60.0 Å². The Kier molecular flexibility index (Phi) is 4.88. The average molecular weight is 402 g/mol. The van der Waals surface area contributed by atoms with Crippen LogP contribution in [0.25, 0.3) is 28.2 Å². The zero-order valence-electron chi connectivity index (χ0n) is 16.8. The number of piperazine rings is 1. The molecule has 1 unspecified atom stereocenters. The molecule has 0 spiro atoms. The second-order valence-electron chi connectivity index (χ2n) is 7.52. The predicted octanol–water partition coefficient (Wildman–Crippen LogP) is 3.79. The van der Waals surface area contributed by atoms with Gasteiger partial charge in [0.2, 0.25) is 0 Å². The Bertz CT molecular complexity index is 1160. The number of hydrogen-bond donors (Lipinski definition) is 1. The molecular weight excluding hydrogens is 379 g/mol. The fourth-order valence-corrected chi connectivity index (χ4v) is 3.98. The van der Waals surface area contributed by atoms with E-state index in [1.807, 2.05) is 28.8 Å². The quantitative estimate of drug-likeness (QED) is 0.563. The van der Waals surface area contributed by atoms with Crippen molar-refractivity contribution >= 4 is 11.5 Å². The molecule has 1 saturated heterocycles. The standard InChI is InChI=1S/C23H23FN6/c1-2-19-15-29(14-13-26-19)21-8-7-20-27-22(16-3-5-18(24)6-4-16)23(30(20)28-21)17-9-11-25-12-10-17/h3-12,19,26H,2,13-15H2,1H3. The molecule has 1 aliphatic heterocycles. The number of imidazole rings is 1. The van der Waals surface area contributed by atoms with E-state index in [-0.39, 0.29) is 5.82 Å². The van der Waals surface area contributed by atoms with Gasteiger partial charge in [0.15, 0.2) is 5.65 Å². The summed E-state index contributed by atoms with van der Waals surface area (Å²) < 4.78 is 15.4. The second-order valence-corrected chi connectivity index (χ2v) is 7.52. The second kappa shape index (κ2) is 7.84. The van der Waals surface area contributed by atoms with Crippen molar-refractivity contribution in [3.05, 3.63) is 66.7 Å². The minimum absolute atomic E-state index is 0.266. The fraction of sp³-hybridized carbons (Fsp3) is 0.261. The third kappa shape index (κ3) is 3.41. The topological polar surface area (TPSA) is 58.4 Å². The van der Waals surface area contributed by atoms with Gasteiger partial charge in [-0.25, -0.2) is 13.9 Å². The largest absolute Gasteiger partial charge is 0.352 e. The number of aromatic nitrogens is 4. The molecule has 4 heterocycles. The lowest BCUT2D eigenvalue weighted by molar-refractivity contribution is 0.444. The van der Waals surface area contributed by atoms with Crippen molar-refractivity contribution in [3.63, 3.8) is 0 Å². The van der Waals surface area contributed by atoms with Crippen LogP contribution in [-0.2, 0) is 0 Å². The van der Waals surface area contributed by atoms with E-state index in [0.29, 0.717) is 6.04 Å². The van der Waals surface area contributed by atoms with Gasteiger partial charge in [-0.1, -0.05) is 6.92 Å². The van der Waals surface area contributed by atoms with Crippen LogP contribution in [0.3, 0.4) is 0 Å². The maximum absolute atomic E-state index is 13.5. The molecule has 152 valence electrons. The van der Waals surface area contributed by atoms with Crippen molar-refractivity contribution in [2.45, 2.75) is 19.4 Å². The molecule has 4 aromatic rings. The van der Waals surface area contributed by atoms with Gasteiger partial charge in [-0.2, -0.15) is 0 Å². The van der Waals surface area contributed by atoms with Crippen LogP contribution in [0.4, 0.5) is 10.2 Å². The van der Waals surface area contributed by atoms with Gasteiger partial charge in [0, 0.05) is 49.2 Å². The van der Waals surface area contributed by atoms with Crippen LogP contribution in [0.2, 0.25) is 0 Å². The Balaban J connectivity index is 1.66. The van der Waals surface area contributed by atoms with Crippen LogP contribution >= 0.6 is 0 Å². The molecule has 0 bridgehead atoms. The van der Waals surface area contributed by atoms with Gasteiger partial charge in [-0.15, -0.1) is 5.10 Å². The number of benzene rings is 1. The van der Waals surface area contributed by atoms with E-state index in [1.54, 1.807) is 24.5 Å². The fourth-order valence-electron chi connectivity index (χ4n) is 3.98. The van der Waals surface area contributed by atoms with Crippen LogP contribution in [0.5, 0.6) is 0 Å². The minimum atomic E-state index is -0.266. The van der Waals surface area contributed by atoms with Gasteiger partial charge >= 0.3 is 0 Å². The van der Waals surface area contributed by atoms with E-state index in [2.05, 4.69) is 22.1 Å². The Morgan fingerprint density at radius 1 is 1.03 bits per heavy atom. The summed E-state index contributed by atoms with van der Waals surface area (Å²) in [5.74, 6) is 0.665. The molecule has 3 aromatic heterocycles. The molecule has 1 aliphatic rings. The van der Waals surface area contributed by atoms with E-state index in [4.69, 9.17) is 10.1 Å². The Hall–Kier alpha value is -3.32. The van der Waals surface area contributed by atoms with Crippen molar-refractivity contribution in [1.29, 1.82) is 0 Å². The molecule has 0 amide bonds. The lowest BCUT2D eigenvalue weighted by Crippen LogP contribution is -2.50. The van der Waals surface area contributed by atoms with E-state index in [9.17, 15) is 4.39 Å². The number of anilines is 1. The lowest BCUT2D eigenvalue weighted by Gasteiger charge is -2.33. The van der Waals surface area contributed by atoms with Gasteiger partial charge in [-0.05, 0) is 55.0 Å². The average Bonchev–Trinajstić information content (AvgIpc) is 3.19. The number of rotatable bonds is 4. The summed E-state index contributed by atoms with van der Waals surface area (Å²) >= 11 is 0. The molecule has 5 rings (SSSR count). The molecule has 0 radical (unpaired) electrons. The number of halogens is 1. The zero-order valence-corrected chi connectivity index (χ0v) is 16.8. The molecule has 30 heavy (non-hydrogen) atoms. The van der Waals surface area contributed by atoms with E-state index in [1.165, 1.54) is 12.1 Å². The third-order valence-corrected chi connectivity index (χ3v) is 5.61. The summed E-state index contributed by atoms with van der Waals surface area (Å²) in [4.78, 5) is 11.3. The smallest absolute Gasteiger partial charge is 0.155 e. The SMILES string of the molecule is CCC1CN(c2ccc3nc(-c4ccc(F)cc4)c(-c4ccncc4)n3n2)CCN1. The Labute approximate surface area is 174 Å². The molecule has 0 aliphatic carbocycles. The summed E-state index contributed by atoms with van der Waals surface area (Å²) in [5, 5.41) is 8.51. The summed E-state index contributed by atoms with van der Waals surface area (Å²) in [6.07, 6.45) is 4.60.